The molecule has 0 fully saturated rings. The molecule has 0 spiro atoms. The number of carbonyl (C=O) groups is 1. The first-order valence-electron chi connectivity index (χ1n) is 7.58. The molecule has 26 heavy (non-hydrogen) atoms. The Balaban J connectivity index is 2.05. The van der Waals surface area contributed by atoms with Crippen molar-refractivity contribution in [3.05, 3.63) is 64.3 Å². The van der Waals surface area contributed by atoms with Crippen LogP contribution < -0.4 is 9.47 Å². The van der Waals surface area contributed by atoms with Gasteiger partial charge in [-0.25, -0.2) is 0 Å². The van der Waals surface area contributed by atoms with E-state index in [2.05, 4.69) is 4.98 Å². The summed E-state index contributed by atoms with van der Waals surface area (Å²) in [6, 6.07) is 10.9. The number of carboxylic acid groups (broad SMARTS) is 1. The average Bonchev–Trinajstić information content (AvgIpc) is 2.61. The molecule has 0 radical (unpaired) electrons. The average molecular weight is 354 g/mol. The van der Waals surface area contributed by atoms with Crippen LogP contribution in [0.3, 0.4) is 0 Å². The van der Waals surface area contributed by atoms with E-state index in [1.54, 1.807) is 30.5 Å². The van der Waals surface area contributed by atoms with E-state index in [-0.39, 0.29) is 29.4 Å². The van der Waals surface area contributed by atoms with Gasteiger partial charge in [0.05, 0.1) is 29.4 Å². The third-order valence-electron chi connectivity index (χ3n) is 3.71. The summed E-state index contributed by atoms with van der Waals surface area (Å²) >= 11 is 0. The summed E-state index contributed by atoms with van der Waals surface area (Å²) in [5, 5.41) is 20.8. The van der Waals surface area contributed by atoms with E-state index < -0.39 is 10.9 Å². The molecule has 1 N–H and O–H groups in total. The molecular formula is C18H14N2O6. The second kappa shape index (κ2) is 7.06. The molecule has 0 aliphatic rings. The Morgan fingerprint density at radius 1 is 1.19 bits per heavy atom. The van der Waals surface area contributed by atoms with E-state index in [1.807, 2.05) is 0 Å². The molecule has 1 heterocycles. The fourth-order valence-corrected chi connectivity index (χ4v) is 2.59. The van der Waals surface area contributed by atoms with Crippen LogP contribution in [0.5, 0.6) is 17.2 Å². The summed E-state index contributed by atoms with van der Waals surface area (Å²) in [7, 11) is 1.41. The zero-order chi connectivity index (χ0) is 18.7. The quantitative estimate of drug-likeness (QED) is 0.532. The normalized spacial score (nSPS) is 10.5. The van der Waals surface area contributed by atoms with Gasteiger partial charge in [-0.15, -0.1) is 0 Å². The molecule has 0 unspecified atom stereocenters. The molecule has 0 amide bonds. The second-order valence-corrected chi connectivity index (χ2v) is 5.40. The van der Waals surface area contributed by atoms with Crippen molar-refractivity contribution in [3.8, 4) is 17.2 Å². The fourth-order valence-electron chi connectivity index (χ4n) is 2.59. The number of aliphatic carboxylic acids is 1. The first-order valence-corrected chi connectivity index (χ1v) is 7.58. The Morgan fingerprint density at radius 3 is 2.65 bits per heavy atom. The van der Waals surface area contributed by atoms with Crippen molar-refractivity contribution < 1.29 is 24.3 Å². The molecule has 0 saturated carbocycles. The van der Waals surface area contributed by atoms with Gasteiger partial charge in [-0.1, -0.05) is 6.07 Å². The van der Waals surface area contributed by atoms with E-state index in [9.17, 15) is 14.9 Å². The highest BCUT2D eigenvalue weighted by molar-refractivity contribution is 5.91. The van der Waals surface area contributed by atoms with Gasteiger partial charge in [-0.3, -0.25) is 19.9 Å². The topological polar surface area (TPSA) is 112 Å². The van der Waals surface area contributed by atoms with Gasteiger partial charge >= 0.3 is 11.7 Å². The third-order valence-corrected chi connectivity index (χ3v) is 3.71. The summed E-state index contributed by atoms with van der Waals surface area (Å²) in [5.41, 5.74) is 0.807. The van der Waals surface area contributed by atoms with Gasteiger partial charge in [0.1, 0.15) is 0 Å². The molecule has 8 nitrogen and oxygen atoms in total. The lowest BCUT2D eigenvalue weighted by molar-refractivity contribution is -0.383. The molecule has 3 rings (SSSR count). The molecule has 8 heteroatoms. The van der Waals surface area contributed by atoms with Crippen molar-refractivity contribution in [2.24, 2.45) is 0 Å². The Labute approximate surface area is 147 Å². The van der Waals surface area contributed by atoms with Crippen LogP contribution in [0.4, 0.5) is 5.69 Å². The van der Waals surface area contributed by atoms with Crippen molar-refractivity contribution >= 4 is 22.6 Å². The van der Waals surface area contributed by atoms with Crippen molar-refractivity contribution in [2.75, 3.05) is 7.11 Å². The Hall–Kier alpha value is -3.68. The van der Waals surface area contributed by atoms with Crippen LogP contribution in [0.15, 0.2) is 48.7 Å². The van der Waals surface area contributed by atoms with Gasteiger partial charge in [-0.05, 0) is 42.0 Å². The lowest BCUT2D eigenvalue weighted by Gasteiger charge is -2.12. The number of ether oxygens (including phenoxy) is 2. The smallest absolute Gasteiger partial charge is 0.320 e. The van der Waals surface area contributed by atoms with Gasteiger partial charge in [-0.2, -0.15) is 0 Å². The van der Waals surface area contributed by atoms with Crippen molar-refractivity contribution in [2.45, 2.75) is 6.42 Å². The molecule has 0 saturated heterocycles. The highest BCUT2D eigenvalue weighted by atomic mass is 16.6. The fraction of sp³-hybridized carbons (Fsp3) is 0.111. The van der Waals surface area contributed by atoms with Gasteiger partial charge in [0.25, 0.3) is 0 Å². The monoisotopic (exact) mass is 354 g/mol. The van der Waals surface area contributed by atoms with Crippen molar-refractivity contribution in [1.82, 2.24) is 4.98 Å². The number of benzene rings is 2. The predicted molar refractivity (Wildman–Crippen MR) is 92.8 cm³/mol. The van der Waals surface area contributed by atoms with Crippen LogP contribution in [0.1, 0.15) is 5.56 Å². The van der Waals surface area contributed by atoms with E-state index in [1.165, 1.54) is 25.3 Å². The van der Waals surface area contributed by atoms with Crippen LogP contribution in [0, 0.1) is 10.1 Å². The molecule has 1 aromatic heterocycles. The van der Waals surface area contributed by atoms with Crippen molar-refractivity contribution in [3.63, 3.8) is 0 Å². The maximum Gasteiger partial charge on any atom is 0.320 e. The van der Waals surface area contributed by atoms with Crippen LogP contribution in [-0.2, 0) is 11.2 Å². The summed E-state index contributed by atoms with van der Waals surface area (Å²) in [6.45, 7) is 0. The summed E-state index contributed by atoms with van der Waals surface area (Å²) in [5.74, 6) is -0.407. The number of pyridine rings is 1. The zero-order valence-corrected chi connectivity index (χ0v) is 13.7. The third kappa shape index (κ3) is 3.39. The Bertz CT molecular complexity index is 1000. The lowest BCUT2D eigenvalue weighted by atomic mass is 10.1. The van der Waals surface area contributed by atoms with E-state index in [0.29, 0.717) is 16.5 Å². The Kier molecular flexibility index (Phi) is 4.66. The summed E-state index contributed by atoms with van der Waals surface area (Å²) < 4.78 is 10.9. The number of methoxy groups -OCH3 is 1. The minimum Gasteiger partial charge on any atom is -0.493 e. The lowest BCUT2D eigenvalue weighted by Crippen LogP contribution is -2.01. The van der Waals surface area contributed by atoms with Gasteiger partial charge in [0.15, 0.2) is 11.5 Å². The number of nitro groups is 1. The van der Waals surface area contributed by atoms with E-state index in [0.717, 1.165) is 0 Å². The highest BCUT2D eigenvalue weighted by Gasteiger charge is 2.22. The highest BCUT2D eigenvalue weighted by Crippen LogP contribution is 2.40. The first-order chi connectivity index (χ1) is 12.5. The van der Waals surface area contributed by atoms with Gasteiger partial charge < -0.3 is 14.6 Å². The molecule has 2 aromatic carbocycles. The predicted octanol–water partition coefficient (Wildman–Crippen LogP) is 3.57. The van der Waals surface area contributed by atoms with Gasteiger partial charge in [0, 0.05) is 6.20 Å². The molecule has 3 aromatic rings. The van der Waals surface area contributed by atoms with Crippen molar-refractivity contribution in [1.29, 1.82) is 0 Å². The number of hydrogen-bond donors (Lipinski definition) is 1. The van der Waals surface area contributed by atoms with Gasteiger partial charge in [0.2, 0.25) is 5.75 Å². The number of hydrogen-bond acceptors (Lipinski definition) is 6. The molecule has 132 valence electrons. The maximum absolute atomic E-state index is 11.6. The zero-order valence-electron chi connectivity index (χ0n) is 13.7. The number of aromatic nitrogens is 1. The minimum atomic E-state index is -0.974. The number of nitro benzene ring substituents is 1. The number of nitrogens with zero attached hydrogens (tertiary/aromatic N) is 2. The van der Waals surface area contributed by atoms with Crippen LogP contribution >= 0.6 is 0 Å². The van der Waals surface area contributed by atoms with Crippen LogP contribution in [0.2, 0.25) is 0 Å². The SMILES string of the molecule is COc1cc(CC(=O)O)ccc1Oc1ccc2ncccc2c1[N+](=O)[O-]. The number of rotatable bonds is 6. The molecule has 0 aliphatic carbocycles. The number of fused-ring (bicyclic) bond motifs is 1. The summed E-state index contributed by atoms with van der Waals surface area (Å²) in [4.78, 5) is 26.0. The Morgan fingerprint density at radius 2 is 1.96 bits per heavy atom. The largest absolute Gasteiger partial charge is 0.493 e. The molecule has 0 atom stereocenters. The minimum absolute atomic E-state index is 0.0415. The summed E-state index contributed by atoms with van der Waals surface area (Å²) in [6.07, 6.45) is 1.38. The maximum atomic E-state index is 11.6. The van der Waals surface area contributed by atoms with Crippen LogP contribution in [-0.4, -0.2) is 28.1 Å². The first kappa shape index (κ1) is 17.2. The second-order valence-electron chi connectivity index (χ2n) is 5.40. The molecule has 0 bridgehead atoms. The van der Waals surface area contributed by atoms with E-state index in [4.69, 9.17) is 14.6 Å². The van der Waals surface area contributed by atoms with E-state index >= 15 is 0 Å². The molecular weight excluding hydrogens is 340 g/mol. The molecule has 0 aliphatic heterocycles. The number of carboxylic acids is 1. The standard InChI is InChI=1S/C18H14N2O6/c1-25-16-9-11(10-17(21)22)4-6-14(16)26-15-7-5-13-12(3-2-8-19-13)18(15)20(23)24/h2-9H,10H2,1H3,(H,21,22). The van der Waals surface area contributed by atoms with Crippen LogP contribution in [0.25, 0.3) is 10.9 Å².